The standard InChI is InChI=1S/C12H20/c1-9(2)11-5-7-12(8-6-11)10(3)4/h7,10-11H,1,5-6,8H2,2-4H3/t11-/m1/s1. The fourth-order valence-corrected chi connectivity index (χ4v) is 1.83. The van der Waals surface area contributed by atoms with E-state index in [1.807, 2.05) is 0 Å². The molecule has 0 saturated carbocycles. The van der Waals surface area contributed by atoms with Crippen molar-refractivity contribution in [3.05, 3.63) is 23.8 Å². The van der Waals surface area contributed by atoms with E-state index in [1.165, 1.54) is 24.8 Å². The fourth-order valence-electron chi connectivity index (χ4n) is 1.83. The Hall–Kier alpha value is -0.520. The van der Waals surface area contributed by atoms with Crippen LogP contribution >= 0.6 is 0 Å². The Kier molecular flexibility index (Phi) is 3.13. The molecule has 0 heterocycles. The number of rotatable bonds is 2. The maximum Gasteiger partial charge on any atom is -0.0171 e. The highest BCUT2D eigenvalue weighted by Gasteiger charge is 2.15. The van der Waals surface area contributed by atoms with Crippen molar-refractivity contribution in [3.8, 4) is 0 Å². The molecule has 0 radical (unpaired) electrons. The van der Waals surface area contributed by atoms with Gasteiger partial charge in [0.25, 0.3) is 0 Å². The van der Waals surface area contributed by atoms with Gasteiger partial charge in [-0.1, -0.05) is 37.6 Å². The minimum Gasteiger partial charge on any atom is -0.0998 e. The van der Waals surface area contributed by atoms with Crippen molar-refractivity contribution in [3.63, 3.8) is 0 Å². The number of allylic oxidation sites excluding steroid dienone is 3. The molecule has 0 saturated heterocycles. The maximum atomic E-state index is 4.02. The van der Waals surface area contributed by atoms with Gasteiger partial charge in [-0.15, -0.1) is 0 Å². The summed E-state index contributed by atoms with van der Waals surface area (Å²) in [5, 5.41) is 0. The highest BCUT2D eigenvalue weighted by Crippen LogP contribution is 2.31. The molecule has 12 heavy (non-hydrogen) atoms. The van der Waals surface area contributed by atoms with Gasteiger partial charge in [-0.25, -0.2) is 0 Å². The second kappa shape index (κ2) is 3.93. The molecule has 0 spiro atoms. The summed E-state index contributed by atoms with van der Waals surface area (Å²) >= 11 is 0. The lowest BCUT2D eigenvalue weighted by Crippen LogP contribution is -2.08. The van der Waals surface area contributed by atoms with Crippen LogP contribution in [0.1, 0.15) is 40.0 Å². The third kappa shape index (κ3) is 2.23. The molecular formula is C12H20. The van der Waals surface area contributed by atoms with Gasteiger partial charge >= 0.3 is 0 Å². The summed E-state index contributed by atoms with van der Waals surface area (Å²) < 4.78 is 0. The summed E-state index contributed by atoms with van der Waals surface area (Å²) in [6.07, 6.45) is 6.25. The SMILES string of the molecule is C=C(C)[C@@H]1CC=C(C(C)C)CC1. The molecule has 0 heteroatoms. The predicted molar refractivity (Wildman–Crippen MR) is 55.1 cm³/mol. The van der Waals surface area contributed by atoms with Gasteiger partial charge in [0, 0.05) is 0 Å². The monoisotopic (exact) mass is 164 g/mol. The molecule has 68 valence electrons. The first kappa shape index (κ1) is 9.57. The van der Waals surface area contributed by atoms with E-state index < -0.39 is 0 Å². The van der Waals surface area contributed by atoms with E-state index in [-0.39, 0.29) is 0 Å². The van der Waals surface area contributed by atoms with Crippen LogP contribution in [0.25, 0.3) is 0 Å². The van der Waals surface area contributed by atoms with Crippen molar-refractivity contribution < 1.29 is 0 Å². The van der Waals surface area contributed by atoms with E-state index in [0.717, 1.165) is 11.8 Å². The number of hydrogen-bond acceptors (Lipinski definition) is 0. The molecule has 0 aromatic heterocycles. The Bertz CT molecular complexity index is 196. The number of hydrogen-bond donors (Lipinski definition) is 0. The molecule has 0 fully saturated rings. The Labute approximate surface area is 76.4 Å². The maximum absolute atomic E-state index is 4.02. The Morgan fingerprint density at radius 3 is 2.58 bits per heavy atom. The molecular weight excluding hydrogens is 144 g/mol. The van der Waals surface area contributed by atoms with Crippen molar-refractivity contribution in [2.45, 2.75) is 40.0 Å². The van der Waals surface area contributed by atoms with Crippen LogP contribution in [0.3, 0.4) is 0 Å². The van der Waals surface area contributed by atoms with E-state index in [1.54, 1.807) is 5.57 Å². The summed E-state index contributed by atoms with van der Waals surface area (Å²) in [7, 11) is 0. The van der Waals surface area contributed by atoms with Crippen LogP contribution in [0.2, 0.25) is 0 Å². The first-order valence-corrected chi connectivity index (χ1v) is 4.95. The van der Waals surface area contributed by atoms with Gasteiger partial charge in [0.2, 0.25) is 0 Å². The van der Waals surface area contributed by atoms with Crippen molar-refractivity contribution in [1.82, 2.24) is 0 Å². The van der Waals surface area contributed by atoms with Crippen LogP contribution in [0.5, 0.6) is 0 Å². The zero-order chi connectivity index (χ0) is 9.14. The van der Waals surface area contributed by atoms with Crippen LogP contribution in [-0.2, 0) is 0 Å². The molecule has 0 nitrogen and oxygen atoms in total. The van der Waals surface area contributed by atoms with Gasteiger partial charge in [0.15, 0.2) is 0 Å². The van der Waals surface area contributed by atoms with E-state index >= 15 is 0 Å². The van der Waals surface area contributed by atoms with Gasteiger partial charge in [0.05, 0.1) is 0 Å². The van der Waals surface area contributed by atoms with Crippen LogP contribution in [0.4, 0.5) is 0 Å². The molecule has 0 amide bonds. The molecule has 1 atom stereocenters. The second-order valence-corrected chi connectivity index (χ2v) is 4.25. The average molecular weight is 164 g/mol. The van der Waals surface area contributed by atoms with E-state index in [9.17, 15) is 0 Å². The Morgan fingerprint density at radius 2 is 2.25 bits per heavy atom. The van der Waals surface area contributed by atoms with Gasteiger partial charge in [-0.05, 0) is 38.0 Å². The van der Waals surface area contributed by atoms with Crippen molar-refractivity contribution in [2.75, 3.05) is 0 Å². The molecule has 1 aliphatic rings. The molecule has 0 N–H and O–H groups in total. The van der Waals surface area contributed by atoms with Gasteiger partial charge in [-0.2, -0.15) is 0 Å². The van der Waals surface area contributed by atoms with Gasteiger partial charge in [-0.3, -0.25) is 0 Å². The molecule has 0 bridgehead atoms. The predicted octanol–water partition coefficient (Wildman–Crippen LogP) is 3.95. The summed E-state index contributed by atoms with van der Waals surface area (Å²) in [6.45, 7) is 10.7. The minimum absolute atomic E-state index is 0.746. The highest BCUT2D eigenvalue weighted by molar-refractivity contribution is 5.13. The molecule has 1 rings (SSSR count). The zero-order valence-corrected chi connectivity index (χ0v) is 8.56. The van der Waals surface area contributed by atoms with E-state index in [2.05, 4.69) is 33.4 Å². The smallest absolute Gasteiger partial charge is 0.0171 e. The van der Waals surface area contributed by atoms with Crippen LogP contribution < -0.4 is 0 Å². The largest absolute Gasteiger partial charge is 0.0998 e. The first-order chi connectivity index (χ1) is 5.61. The molecule has 0 unspecified atom stereocenters. The van der Waals surface area contributed by atoms with Crippen molar-refractivity contribution in [1.29, 1.82) is 0 Å². The zero-order valence-electron chi connectivity index (χ0n) is 8.56. The van der Waals surface area contributed by atoms with Gasteiger partial charge in [0.1, 0.15) is 0 Å². The summed E-state index contributed by atoms with van der Waals surface area (Å²) in [4.78, 5) is 0. The van der Waals surface area contributed by atoms with Crippen LogP contribution in [0.15, 0.2) is 23.8 Å². The van der Waals surface area contributed by atoms with E-state index in [4.69, 9.17) is 0 Å². The average Bonchev–Trinajstić information content (AvgIpc) is 2.04. The molecule has 0 aliphatic heterocycles. The first-order valence-electron chi connectivity index (χ1n) is 4.95. The Morgan fingerprint density at radius 1 is 1.58 bits per heavy atom. The Balaban J connectivity index is 2.53. The quantitative estimate of drug-likeness (QED) is 0.542. The van der Waals surface area contributed by atoms with E-state index in [0.29, 0.717) is 0 Å². The summed E-state index contributed by atoms with van der Waals surface area (Å²) in [5.41, 5.74) is 3.00. The topological polar surface area (TPSA) is 0 Å². The third-order valence-electron chi connectivity index (χ3n) is 2.88. The molecule has 1 aliphatic carbocycles. The third-order valence-corrected chi connectivity index (χ3v) is 2.88. The summed E-state index contributed by atoms with van der Waals surface area (Å²) in [6, 6.07) is 0. The second-order valence-electron chi connectivity index (χ2n) is 4.25. The van der Waals surface area contributed by atoms with Gasteiger partial charge < -0.3 is 0 Å². The lowest BCUT2D eigenvalue weighted by molar-refractivity contribution is 0.512. The van der Waals surface area contributed by atoms with Crippen molar-refractivity contribution in [2.24, 2.45) is 11.8 Å². The summed E-state index contributed by atoms with van der Waals surface area (Å²) in [5.74, 6) is 1.50. The normalized spacial score (nSPS) is 24.0. The van der Waals surface area contributed by atoms with Crippen LogP contribution in [0, 0.1) is 11.8 Å². The lowest BCUT2D eigenvalue weighted by atomic mass is 9.82. The molecule has 0 aromatic rings. The minimum atomic E-state index is 0.746. The molecule has 0 aromatic carbocycles. The fraction of sp³-hybridized carbons (Fsp3) is 0.667. The lowest BCUT2D eigenvalue weighted by Gasteiger charge is -2.23. The highest BCUT2D eigenvalue weighted by atomic mass is 14.2. The van der Waals surface area contributed by atoms with Crippen LogP contribution in [-0.4, -0.2) is 0 Å². The van der Waals surface area contributed by atoms with Crippen molar-refractivity contribution >= 4 is 0 Å².